The molecule has 0 aliphatic carbocycles. The first-order valence-corrected chi connectivity index (χ1v) is 8.03. The van der Waals surface area contributed by atoms with Crippen LogP contribution in [0, 0.1) is 5.92 Å². The van der Waals surface area contributed by atoms with Gasteiger partial charge < -0.3 is 5.32 Å². The van der Waals surface area contributed by atoms with E-state index in [4.69, 9.17) is 0 Å². The van der Waals surface area contributed by atoms with E-state index in [-0.39, 0.29) is 5.56 Å². The highest BCUT2D eigenvalue weighted by Gasteiger charge is 2.10. The average Bonchev–Trinajstić information content (AvgIpc) is 2.46. The van der Waals surface area contributed by atoms with E-state index >= 15 is 0 Å². The van der Waals surface area contributed by atoms with Crippen LogP contribution in [0.5, 0.6) is 0 Å². The molecule has 0 spiro atoms. The van der Waals surface area contributed by atoms with Crippen LogP contribution in [0.1, 0.15) is 39.5 Å². The van der Waals surface area contributed by atoms with Crippen molar-refractivity contribution in [3.63, 3.8) is 0 Å². The number of allylic oxidation sites excluding steroid dienone is 1. The topological polar surface area (TPSA) is 46.9 Å². The van der Waals surface area contributed by atoms with Gasteiger partial charge >= 0.3 is 0 Å². The lowest BCUT2D eigenvalue weighted by atomic mass is 9.99. The van der Waals surface area contributed by atoms with Gasteiger partial charge in [-0.3, -0.25) is 4.79 Å². The van der Waals surface area contributed by atoms with Crippen molar-refractivity contribution in [2.75, 3.05) is 11.9 Å². The highest BCUT2D eigenvalue weighted by Crippen LogP contribution is 2.19. The molecule has 0 bridgehead atoms. The van der Waals surface area contributed by atoms with Crippen molar-refractivity contribution in [2.24, 2.45) is 5.92 Å². The van der Waals surface area contributed by atoms with E-state index in [0.29, 0.717) is 16.9 Å². The summed E-state index contributed by atoms with van der Waals surface area (Å²) in [7, 11) is 0. The minimum atomic E-state index is -0.128. The molecule has 1 aromatic rings. The normalized spacial score (nSPS) is 12.2. The van der Waals surface area contributed by atoms with E-state index < -0.39 is 0 Å². The smallest absolute Gasteiger partial charge is 0.283 e. The number of anilines is 1. The van der Waals surface area contributed by atoms with Crippen molar-refractivity contribution >= 4 is 21.6 Å². The molecule has 0 amide bonds. The third-order valence-electron chi connectivity index (χ3n) is 3.41. The van der Waals surface area contributed by atoms with Crippen LogP contribution >= 0.6 is 15.9 Å². The summed E-state index contributed by atoms with van der Waals surface area (Å²) in [4.78, 5) is 12.0. The Morgan fingerprint density at radius 3 is 2.90 bits per heavy atom. The summed E-state index contributed by atoms with van der Waals surface area (Å²) >= 11 is 3.36. The fourth-order valence-corrected chi connectivity index (χ4v) is 2.49. The molecule has 1 rings (SSSR count). The van der Waals surface area contributed by atoms with Gasteiger partial charge in [-0.2, -0.15) is 5.10 Å². The molecule has 4 nitrogen and oxygen atoms in total. The van der Waals surface area contributed by atoms with Gasteiger partial charge in [0.15, 0.2) is 0 Å². The quantitative estimate of drug-likeness (QED) is 0.694. The van der Waals surface area contributed by atoms with Crippen LogP contribution in [-0.2, 0) is 6.54 Å². The maximum absolute atomic E-state index is 12.0. The van der Waals surface area contributed by atoms with Crippen LogP contribution in [0.3, 0.4) is 0 Å². The summed E-state index contributed by atoms with van der Waals surface area (Å²) in [6.07, 6.45) is 8.19. The first kappa shape index (κ1) is 17.0. The molecule has 1 unspecified atom stereocenters. The van der Waals surface area contributed by atoms with Gasteiger partial charge in [-0.25, -0.2) is 4.68 Å². The van der Waals surface area contributed by atoms with Crippen LogP contribution in [0.4, 0.5) is 5.69 Å². The molecule has 0 radical (unpaired) electrons. The number of hydrogen-bond acceptors (Lipinski definition) is 3. The van der Waals surface area contributed by atoms with Gasteiger partial charge in [-0.05, 0) is 28.3 Å². The third kappa shape index (κ3) is 4.78. The van der Waals surface area contributed by atoms with Crippen LogP contribution in [0.15, 0.2) is 28.1 Å². The maximum Gasteiger partial charge on any atom is 0.283 e. The first-order valence-electron chi connectivity index (χ1n) is 7.24. The van der Waals surface area contributed by atoms with Gasteiger partial charge in [-0.15, -0.1) is 6.58 Å². The number of aromatic nitrogens is 2. The van der Waals surface area contributed by atoms with Gasteiger partial charge in [0.1, 0.15) is 4.47 Å². The molecule has 0 aromatic carbocycles. The zero-order chi connectivity index (χ0) is 15.0. The highest BCUT2D eigenvalue weighted by atomic mass is 79.9. The molecule has 112 valence electrons. The second kappa shape index (κ2) is 8.95. The summed E-state index contributed by atoms with van der Waals surface area (Å²) < 4.78 is 1.93. The number of nitrogens with one attached hydrogen (secondary N) is 1. The number of nitrogens with zero attached hydrogens (tertiary/aromatic N) is 2. The zero-order valence-corrected chi connectivity index (χ0v) is 13.9. The Hall–Kier alpha value is -1.10. The maximum atomic E-state index is 12.0. The molecule has 0 saturated carbocycles. The van der Waals surface area contributed by atoms with Gasteiger partial charge in [0.25, 0.3) is 5.56 Å². The predicted molar refractivity (Wildman–Crippen MR) is 88.2 cm³/mol. The minimum Gasteiger partial charge on any atom is -0.382 e. The van der Waals surface area contributed by atoms with Gasteiger partial charge in [0, 0.05) is 6.54 Å². The lowest BCUT2D eigenvalue weighted by Gasteiger charge is -2.16. The van der Waals surface area contributed by atoms with E-state index in [9.17, 15) is 4.79 Å². The second-order valence-corrected chi connectivity index (χ2v) is 5.74. The number of halogens is 1. The van der Waals surface area contributed by atoms with Crippen molar-refractivity contribution in [1.29, 1.82) is 0 Å². The predicted octanol–water partition coefficient (Wildman–Crippen LogP) is 3.82. The number of unbranched alkanes of at least 4 members (excludes halogenated alkanes) is 1. The molecule has 0 fully saturated rings. The summed E-state index contributed by atoms with van der Waals surface area (Å²) in [6.45, 7) is 9.33. The van der Waals surface area contributed by atoms with Crippen molar-refractivity contribution in [1.82, 2.24) is 9.78 Å². The Kier molecular flexibility index (Phi) is 7.59. The average molecular weight is 342 g/mol. The van der Waals surface area contributed by atoms with E-state index in [1.54, 1.807) is 12.3 Å². The Bertz CT molecular complexity index is 484. The summed E-state index contributed by atoms with van der Waals surface area (Å²) in [6, 6.07) is 0. The molecule has 1 aromatic heterocycles. The molecular formula is C15H24BrN3O. The van der Waals surface area contributed by atoms with E-state index in [0.717, 1.165) is 18.7 Å². The largest absolute Gasteiger partial charge is 0.382 e. The second-order valence-electron chi connectivity index (χ2n) is 4.95. The summed E-state index contributed by atoms with van der Waals surface area (Å²) in [5, 5.41) is 7.47. The van der Waals surface area contributed by atoms with E-state index in [2.05, 4.69) is 46.8 Å². The monoisotopic (exact) mass is 341 g/mol. The lowest BCUT2D eigenvalue weighted by Crippen LogP contribution is -2.25. The molecule has 1 heterocycles. The number of hydrogen-bond donors (Lipinski definition) is 1. The van der Waals surface area contributed by atoms with Crippen molar-refractivity contribution in [3.05, 3.63) is 33.7 Å². The summed E-state index contributed by atoms with van der Waals surface area (Å²) in [5.41, 5.74) is 0.641. The first-order chi connectivity index (χ1) is 9.63. The van der Waals surface area contributed by atoms with Crippen LogP contribution in [0.25, 0.3) is 0 Å². The minimum absolute atomic E-state index is 0.128. The van der Waals surface area contributed by atoms with Crippen molar-refractivity contribution in [3.8, 4) is 0 Å². The highest BCUT2D eigenvalue weighted by molar-refractivity contribution is 9.10. The Morgan fingerprint density at radius 2 is 2.30 bits per heavy atom. The van der Waals surface area contributed by atoms with Gasteiger partial charge in [0.05, 0.1) is 18.4 Å². The standard InChI is InChI=1S/C15H24BrN3O/c1-4-7-8-12(6-3)10-17-13-11-18-19(9-5-2)15(20)14(13)16/h5,11-12,17H,2,4,6-10H2,1,3H3. The fraction of sp³-hybridized carbons (Fsp3) is 0.600. The molecule has 0 saturated heterocycles. The SMILES string of the molecule is C=CCn1ncc(NCC(CC)CCCC)c(Br)c1=O. The molecule has 5 heteroatoms. The lowest BCUT2D eigenvalue weighted by molar-refractivity contribution is 0.472. The Labute approximate surface area is 129 Å². The molecule has 1 atom stereocenters. The van der Waals surface area contributed by atoms with Crippen molar-refractivity contribution in [2.45, 2.75) is 46.1 Å². The Morgan fingerprint density at radius 1 is 1.55 bits per heavy atom. The van der Waals surface area contributed by atoms with Gasteiger partial charge in [0.2, 0.25) is 0 Å². The van der Waals surface area contributed by atoms with Crippen LogP contribution in [0.2, 0.25) is 0 Å². The molecular weight excluding hydrogens is 318 g/mol. The van der Waals surface area contributed by atoms with Gasteiger partial charge in [-0.1, -0.05) is 39.2 Å². The van der Waals surface area contributed by atoms with Crippen LogP contribution < -0.4 is 10.9 Å². The number of rotatable bonds is 9. The Balaban J connectivity index is 2.70. The van der Waals surface area contributed by atoms with E-state index in [1.807, 2.05) is 0 Å². The molecule has 20 heavy (non-hydrogen) atoms. The molecule has 0 aliphatic heterocycles. The molecule has 1 N–H and O–H groups in total. The summed E-state index contributed by atoms with van der Waals surface area (Å²) in [5.74, 6) is 0.637. The third-order valence-corrected chi connectivity index (χ3v) is 4.18. The molecule has 0 aliphatic rings. The zero-order valence-electron chi connectivity index (χ0n) is 12.4. The van der Waals surface area contributed by atoms with Crippen LogP contribution in [-0.4, -0.2) is 16.3 Å². The van der Waals surface area contributed by atoms with E-state index in [1.165, 1.54) is 23.9 Å². The van der Waals surface area contributed by atoms with Crippen molar-refractivity contribution < 1.29 is 0 Å². The fourth-order valence-electron chi connectivity index (χ4n) is 2.04.